The summed E-state index contributed by atoms with van der Waals surface area (Å²) < 4.78 is 0. The molecule has 0 aromatic carbocycles. The second-order valence-electron chi connectivity index (χ2n) is 3.47. The average Bonchev–Trinajstić information content (AvgIpc) is 2.53. The first kappa shape index (κ1) is 7.80. The highest BCUT2D eigenvalue weighted by atomic mass is 15.1. The van der Waals surface area contributed by atoms with Gasteiger partial charge in [0.2, 0.25) is 0 Å². The first-order chi connectivity index (χ1) is 5.88. The lowest BCUT2D eigenvalue weighted by molar-refractivity contribution is 0.404. The zero-order valence-corrected chi connectivity index (χ0v) is 7.43. The molecule has 0 saturated carbocycles. The Hall–Kier alpha value is -0.830. The van der Waals surface area contributed by atoms with Crippen LogP contribution in [-0.2, 0) is 0 Å². The van der Waals surface area contributed by atoms with Crippen molar-refractivity contribution in [1.82, 2.24) is 15.5 Å². The predicted octanol–water partition coefficient (Wildman–Crippen LogP) is 1.53. The summed E-state index contributed by atoms with van der Waals surface area (Å²) in [7, 11) is 0. The fourth-order valence-electron chi connectivity index (χ4n) is 1.81. The van der Waals surface area contributed by atoms with Crippen LogP contribution in [0.4, 0.5) is 0 Å². The maximum absolute atomic E-state index is 4.03. The monoisotopic (exact) mass is 165 g/mol. The normalized spacial score (nSPS) is 24.2. The van der Waals surface area contributed by atoms with E-state index in [1.54, 1.807) is 0 Å². The van der Waals surface area contributed by atoms with Gasteiger partial charge in [0.15, 0.2) is 0 Å². The SMILES string of the molecule is Cc1cn[nH]c1[C@@H]1CCCCN1. The van der Waals surface area contributed by atoms with Crippen molar-refractivity contribution in [2.24, 2.45) is 0 Å². The summed E-state index contributed by atoms with van der Waals surface area (Å²) in [5.74, 6) is 0. The Morgan fingerprint density at radius 3 is 3.00 bits per heavy atom. The molecule has 0 bridgehead atoms. The molecule has 1 fully saturated rings. The minimum Gasteiger partial charge on any atom is -0.309 e. The number of hydrogen-bond acceptors (Lipinski definition) is 2. The highest BCUT2D eigenvalue weighted by molar-refractivity contribution is 5.18. The second-order valence-corrected chi connectivity index (χ2v) is 3.47. The molecule has 1 aromatic heterocycles. The molecule has 1 aliphatic heterocycles. The minimum atomic E-state index is 0.515. The number of aromatic amines is 1. The summed E-state index contributed by atoms with van der Waals surface area (Å²) in [5.41, 5.74) is 2.55. The average molecular weight is 165 g/mol. The van der Waals surface area contributed by atoms with Gasteiger partial charge >= 0.3 is 0 Å². The number of aromatic nitrogens is 2. The molecule has 66 valence electrons. The molecule has 2 N–H and O–H groups in total. The Balaban J connectivity index is 2.13. The van der Waals surface area contributed by atoms with Crippen LogP contribution in [0.25, 0.3) is 0 Å². The zero-order chi connectivity index (χ0) is 8.39. The molecule has 1 atom stereocenters. The molecule has 3 nitrogen and oxygen atoms in total. The summed E-state index contributed by atoms with van der Waals surface area (Å²) >= 11 is 0. The minimum absolute atomic E-state index is 0.515. The Bertz CT molecular complexity index is 248. The molecule has 3 heteroatoms. The fourth-order valence-corrected chi connectivity index (χ4v) is 1.81. The van der Waals surface area contributed by atoms with Crippen LogP contribution in [0, 0.1) is 6.92 Å². The summed E-state index contributed by atoms with van der Waals surface area (Å²) in [6.07, 6.45) is 5.77. The lowest BCUT2D eigenvalue weighted by Crippen LogP contribution is -2.27. The van der Waals surface area contributed by atoms with Crippen molar-refractivity contribution in [2.75, 3.05) is 6.54 Å². The molecule has 1 aromatic rings. The van der Waals surface area contributed by atoms with Gasteiger partial charge in [0.25, 0.3) is 0 Å². The van der Waals surface area contributed by atoms with Gasteiger partial charge in [-0.3, -0.25) is 5.10 Å². The predicted molar refractivity (Wildman–Crippen MR) is 47.9 cm³/mol. The van der Waals surface area contributed by atoms with Crippen molar-refractivity contribution < 1.29 is 0 Å². The molecule has 0 aliphatic carbocycles. The smallest absolute Gasteiger partial charge is 0.0550 e. The van der Waals surface area contributed by atoms with Crippen LogP contribution in [0.3, 0.4) is 0 Å². The third kappa shape index (κ3) is 1.37. The fraction of sp³-hybridized carbons (Fsp3) is 0.667. The molecular formula is C9H15N3. The van der Waals surface area contributed by atoms with Gasteiger partial charge in [-0.1, -0.05) is 6.42 Å². The van der Waals surface area contributed by atoms with Crippen LogP contribution in [0.15, 0.2) is 6.20 Å². The van der Waals surface area contributed by atoms with E-state index in [0.29, 0.717) is 6.04 Å². The molecule has 1 aliphatic rings. The van der Waals surface area contributed by atoms with Crippen LogP contribution in [0.5, 0.6) is 0 Å². The van der Waals surface area contributed by atoms with Gasteiger partial charge in [0.1, 0.15) is 0 Å². The Kier molecular flexibility index (Phi) is 2.13. The first-order valence-corrected chi connectivity index (χ1v) is 4.61. The van der Waals surface area contributed by atoms with Crippen LogP contribution in [-0.4, -0.2) is 16.7 Å². The van der Waals surface area contributed by atoms with Crippen LogP contribution < -0.4 is 5.32 Å². The highest BCUT2D eigenvalue weighted by Gasteiger charge is 2.17. The largest absolute Gasteiger partial charge is 0.309 e. The Morgan fingerprint density at radius 1 is 1.50 bits per heavy atom. The summed E-state index contributed by atoms with van der Waals surface area (Å²) in [5, 5.41) is 10.6. The van der Waals surface area contributed by atoms with Gasteiger partial charge < -0.3 is 5.32 Å². The molecule has 2 heterocycles. The number of piperidine rings is 1. The number of nitrogens with one attached hydrogen (secondary N) is 2. The maximum Gasteiger partial charge on any atom is 0.0550 e. The van der Waals surface area contributed by atoms with E-state index in [4.69, 9.17) is 0 Å². The van der Waals surface area contributed by atoms with Crippen molar-refractivity contribution in [3.63, 3.8) is 0 Å². The molecule has 0 amide bonds. The molecule has 0 spiro atoms. The summed E-state index contributed by atoms with van der Waals surface area (Å²) in [6.45, 7) is 3.25. The van der Waals surface area contributed by atoms with E-state index in [0.717, 1.165) is 6.54 Å². The van der Waals surface area contributed by atoms with Gasteiger partial charge in [-0.2, -0.15) is 5.10 Å². The van der Waals surface area contributed by atoms with Crippen molar-refractivity contribution >= 4 is 0 Å². The highest BCUT2D eigenvalue weighted by Crippen LogP contribution is 2.22. The Labute approximate surface area is 72.6 Å². The molecule has 2 rings (SSSR count). The maximum atomic E-state index is 4.03. The van der Waals surface area contributed by atoms with Crippen molar-refractivity contribution in [1.29, 1.82) is 0 Å². The van der Waals surface area contributed by atoms with E-state index in [1.807, 2.05) is 6.20 Å². The number of nitrogens with zero attached hydrogens (tertiary/aromatic N) is 1. The summed E-state index contributed by atoms with van der Waals surface area (Å²) in [6, 6.07) is 0.515. The van der Waals surface area contributed by atoms with Gasteiger partial charge in [0, 0.05) is 6.04 Å². The molecule has 12 heavy (non-hydrogen) atoms. The lowest BCUT2D eigenvalue weighted by atomic mass is 10.0. The number of hydrogen-bond donors (Lipinski definition) is 2. The molecular weight excluding hydrogens is 150 g/mol. The van der Waals surface area contributed by atoms with Crippen molar-refractivity contribution in [3.05, 3.63) is 17.5 Å². The molecule has 0 radical (unpaired) electrons. The van der Waals surface area contributed by atoms with Crippen LogP contribution >= 0.6 is 0 Å². The third-order valence-electron chi connectivity index (χ3n) is 2.53. The van der Waals surface area contributed by atoms with Gasteiger partial charge in [-0.15, -0.1) is 0 Å². The summed E-state index contributed by atoms with van der Waals surface area (Å²) in [4.78, 5) is 0. The van der Waals surface area contributed by atoms with E-state index < -0.39 is 0 Å². The first-order valence-electron chi connectivity index (χ1n) is 4.61. The topological polar surface area (TPSA) is 40.7 Å². The second kappa shape index (κ2) is 3.27. The number of rotatable bonds is 1. The zero-order valence-electron chi connectivity index (χ0n) is 7.43. The van der Waals surface area contributed by atoms with Crippen molar-refractivity contribution in [2.45, 2.75) is 32.2 Å². The van der Waals surface area contributed by atoms with E-state index in [1.165, 1.54) is 30.5 Å². The number of aryl methyl sites for hydroxylation is 1. The van der Waals surface area contributed by atoms with Gasteiger partial charge in [0.05, 0.1) is 11.9 Å². The Morgan fingerprint density at radius 2 is 2.42 bits per heavy atom. The van der Waals surface area contributed by atoms with Crippen molar-refractivity contribution in [3.8, 4) is 0 Å². The van der Waals surface area contributed by atoms with E-state index in [2.05, 4.69) is 22.4 Å². The lowest BCUT2D eigenvalue weighted by Gasteiger charge is -2.22. The molecule has 0 unspecified atom stereocenters. The van der Waals surface area contributed by atoms with E-state index >= 15 is 0 Å². The van der Waals surface area contributed by atoms with E-state index in [9.17, 15) is 0 Å². The number of H-pyrrole nitrogens is 1. The molecule has 1 saturated heterocycles. The van der Waals surface area contributed by atoms with Gasteiger partial charge in [-0.25, -0.2) is 0 Å². The quantitative estimate of drug-likeness (QED) is 0.662. The standard InChI is InChI=1S/C9H15N3/c1-7-6-11-12-9(7)8-4-2-3-5-10-8/h6,8,10H,2-5H2,1H3,(H,11,12)/t8-/m0/s1. The van der Waals surface area contributed by atoms with Gasteiger partial charge in [-0.05, 0) is 31.9 Å². The van der Waals surface area contributed by atoms with E-state index in [-0.39, 0.29) is 0 Å². The van der Waals surface area contributed by atoms with Crippen LogP contribution in [0.2, 0.25) is 0 Å². The third-order valence-corrected chi connectivity index (χ3v) is 2.53. The van der Waals surface area contributed by atoms with Crippen LogP contribution in [0.1, 0.15) is 36.6 Å².